The molecule has 2 heterocycles. The molecule has 0 radical (unpaired) electrons. The number of aromatic amines is 1. The SMILES string of the molecule is Cc1nc2ccc(N(C)Cc3ccc(C(=O)N[C@@H](CCC(=O)O)C(=O)O)s3)cc2c(=O)[nH]1. The molecule has 3 aromatic rings. The Morgan fingerprint density at radius 2 is 1.97 bits per heavy atom. The predicted octanol–water partition coefficient (Wildman–Crippen LogP) is 1.98. The Bertz CT molecular complexity index is 1230. The van der Waals surface area contributed by atoms with E-state index in [2.05, 4.69) is 15.3 Å². The fraction of sp³-hybridized carbons (Fsp3) is 0.286. The van der Waals surface area contributed by atoms with Crippen molar-refractivity contribution in [1.82, 2.24) is 15.3 Å². The molecule has 0 unspecified atom stereocenters. The number of amides is 1. The Kier molecular flexibility index (Phi) is 6.89. The summed E-state index contributed by atoms with van der Waals surface area (Å²) in [6.45, 7) is 2.18. The molecule has 4 N–H and O–H groups in total. The maximum Gasteiger partial charge on any atom is 0.326 e. The van der Waals surface area contributed by atoms with Crippen molar-refractivity contribution in [2.24, 2.45) is 0 Å². The molecule has 1 amide bonds. The zero-order valence-electron chi connectivity index (χ0n) is 17.4. The highest BCUT2D eigenvalue weighted by atomic mass is 32.1. The third-order valence-electron chi connectivity index (χ3n) is 4.78. The lowest BCUT2D eigenvalue weighted by atomic mass is 10.1. The van der Waals surface area contributed by atoms with E-state index in [1.165, 1.54) is 11.3 Å². The highest BCUT2D eigenvalue weighted by Gasteiger charge is 2.22. The van der Waals surface area contributed by atoms with Gasteiger partial charge in [-0.3, -0.25) is 14.4 Å². The second kappa shape index (κ2) is 9.60. The van der Waals surface area contributed by atoms with E-state index in [9.17, 15) is 24.3 Å². The molecule has 3 rings (SSSR count). The van der Waals surface area contributed by atoms with E-state index < -0.39 is 23.9 Å². The first-order valence-electron chi connectivity index (χ1n) is 9.70. The van der Waals surface area contributed by atoms with Gasteiger partial charge in [-0.25, -0.2) is 9.78 Å². The number of H-pyrrole nitrogens is 1. The van der Waals surface area contributed by atoms with Crippen molar-refractivity contribution in [2.75, 3.05) is 11.9 Å². The smallest absolute Gasteiger partial charge is 0.326 e. The molecule has 1 atom stereocenters. The first kappa shape index (κ1) is 22.9. The fourth-order valence-corrected chi connectivity index (χ4v) is 4.11. The molecule has 1 aromatic carbocycles. The van der Waals surface area contributed by atoms with Crippen LogP contribution in [-0.4, -0.2) is 51.1 Å². The van der Waals surface area contributed by atoms with Crippen LogP contribution in [0.4, 0.5) is 5.69 Å². The monoisotopic (exact) mass is 458 g/mol. The average molecular weight is 458 g/mol. The Labute approximate surface area is 186 Å². The summed E-state index contributed by atoms with van der Waals surface area (Å²) in [7, 11) is 1.85. The van der Waals surface area contributed by atoms with Crippen LogP contribution in [0.5, 0.6) is 0 Å². The van der Waals surface area contributed by atoms with Crippen LogP contribution < -0.4 is 15.8 Å². The standard InChI is InChI=1S/C21H22N4O6S/c1-11-22-15-5-3-12(9-14(15)19(28)23-11)25(2)10-13-4-7-17(32-13)20(29)24-16(21(30)31)6-8-18(26)27/h3-5,7,9,16H,6,8,10H2,1-2H3,(H,24,29)(H,26,27)(H,30,31)(H,22,23,28)/t16-/m0/s1. The molecule has 0 aliphatic carbocycles. The fourth-order valence-electron chi connectivity index (χ4n) is 3.15. The maximum atomic E-state index is 12.4. The number of benzene rings is 1. The van der Waals surface area contributed by atoms with Gasteiger partial charge in [0.15, 0.2) is 0 Å². The van der Waals surface area contributed by atoms with Crippen molar-refractivity contribution >= 4 is 45.8 Å². The molecule has 0 saturated heterocycles. The number of hydrogen-bond donors (Lipinski definition) is 4. The molecule has 11 heteroatoms. The minimum absolute atomic E-state index is 0.202. The molecule has 0 bridgehead atoms. The first-order valence-corrected chi connectivity index (χ1v) is 10.5. The summed E-state index contributed by atoms with van der Waals surface area (Å²) in [5, 5.41) is 20.8. The maximum absolute atomic E-state index is 12.4. The lowest BCUT2D eigenvalue weighted by Crippen LogP contribution is -2.40. The van der Waals surface area contributed by atoms with E-state index in [0.717, 1.165) is 10.6 Å². The van der Waals surface area contributed by atoms with Gasteiger partial charge in [-0.1, -0.05) is 0 Å². The Morgan fingerprint density at radius 1 is 1.22 bits per heavy atom. The second-order valence-corrected chi connectivity index (χ2v) is 8.44. The van der Waals surface area contributed by atoms with Gasteiger partial charge in [0.2, 0.25) is 0 Å². The molecule has 10 nitrogen and oxygen atoms in total. The zero-order valence-corrected chi connectivity index (χ0v) is 18.2. The van der Waals surface area contributed by atoms with Crippen LogP contribution in [0, 0.1) is 6.92 Å². The molecule has 0 aliphatic heterocycles. The number of aryl methyl sites for hydroxylation is 1. The van der Waals surface area contributed by atoms with E-state index in [1.54, 1.807) is 31.2 Å². The number of carboxylic acids is 2. The number of carbonyl (C=O) groups is 3. The van der Waals surface area contributed by atoms with Gasteiger partial charge in [0.05, 0.1) is 22.3 Å². The minimum atomic E-state index is -1.29. The molecule has 0 aliphatic rings. The van der Waals surface area contributed by atoms with Gasteiger partial charge in [-0.2, -0.15) is 0 Å². The van der Waals surface area contributed by atoms with Gasteiger partial charge in [-0.15, -0.1) is 11.3 Å². The average Bonchev–Trinajstić information content (AvgIpc) is 3.18. The number of carbonyl (C=O) groups excluding carboxylic acids is 1. The van der Waals surface area contributed by atoms with Crippen molar-refractivity contribution in [1.29, 1.82) is 0 Å². The van der Waals surface area contributed by atoms with Crippen LogP contribution in [0.25, 0.3) is 10.9 Å². The number of nitrogens with zero attached hydrogens (tertiary/aromatic N) is 2. The number of fused-ring (bicyclic) bond motifs is 1. The Balaban J connectivity index is 1.69. The van der Waals surface area contributed by atoms with E-state index in [1.807, 2.05) is 18.0 Å². The topological polar surface area (TPSA) is 153 Å². The molecule has 0 spiro atoms. The van der Waals surface area contributed by atoms with Gasteiger partial charge in [0, 0.05) is 24.0 Å². The van der Waals surface area contributed by atoms with Crippen LogP contribution in [0.1, 0.15) is 33.2 Å². The summed E-state index contributed by atoms with van der Waals surface area (Å²) in [4.78, 5) is 56.7. The normalized spacial score (nSPS) is 11.8. The number of aromatic nitrogens is 2. The van der Waals surface area contributed by atoms with Gasteiger partial charge in [0.1, 0.15) is 11.9 Å². The van der Waals surface area contributed by atoms with Crippen molar-refractivity contribution < 1.29 is 24.6 Å². The highest BCUT2D eigenvalue weighted by Crippen LogP contribution is 2.23. The van der Waals surface area contributed by atoms with E-state index in [-0.39, 0.29) is 18.4 Å². The second-order valence-electron chi connectivity index (χ2n) is 7.27. The molecule has 0 saturated carbocycles. The van der Waals surface area contributed by atoms with Gasteiger partial charge in [-0.05, 0) is 43.7 Å². The number of aliphatic carboxylic acids is 2. The lowest BCUT2D eigenvalue weighted by Gasteiger charge is -2.18. The van der Waals surface area contributed by atoms with Crippen molar-refractivity contribution in [3.63, 3.8) is 0 Å². The molecular weight excluding hydrogens is 436 g/mol. The Morgan fingerprint density at radius 3 is 2.66 bits per heavy atom. The summed E-state index contributed by atoms with van der Waals surface area (Å²) in [6, 6.07) is 7.47. The first-order chi connectivity index (χ1) is 15.1. The van der Waals surface area contributed by atoms with Crippen molar-refractivity contribution in [2.45, 2.75) is 32.4 Å². The molecule has 2 aromatic heterocycles. The number of anilines is 1. The highest BCUT2D eigenvalue weighted by molar-refractivity contribution is 7.14. The van der Waals surface area contributed by atoms with Crippen LogP contribution in [0.15, 0.2) is 35.1 Å². The number of nitrogens with one attached hydrogen (secondary N) is 2. The van der Waals surface area contributed by atoms with Crippen LogP contribution in [-0.2, 0) is 16.1 Å². The van der Waals surface area contributed by atoms with Crippen LogP contribution in [0.2, 0.25) is 0 Å². The van der Waals surface area contributed by atoms with Crippen LogP contribution in [0.3, 0.4) is 0 Å². The van der Waals surface area contributed by atoms with Gasteiger partial charge >= 0.3 is 11.9 Å². The molecule has 168 valence electrons. The Hall–Kier alpha value is -3.73. The van der Waals surface area contributed by atoms with E-state index in [4.69, 9.17) is 5.11 Å². The zero-order chi connectivity index (χ0) is 23.4. The summed E-state index contributed by atoms with van der Waals surface area (Å²) in [5.74, 6) is -2.44. The lowest BCUT2D eigenvalue weighted by molar-refractivity contribution is -0.140. The molecular formula is C21H22N4O6S. The van der Waals surface area contributed by atoms with Crippen molar-refractivity contribution in [3.8, 4) is 0 Å². The van der Waals surface area contributed by atoms with Gasteiger partial charge in [0.25, 0.3) is 11.5 Å². The van der Waals surface area contributed by atoms with Crippen molar-refractivity contribution in [3.05, 3.63) is 56.3 Å². The van der Waals surface area contributed by atoms with E-state index >= 15 is 0 Å². The van der Waals surface area contributed by atoms with Gasteiger partial charge < -0.3 is 25.4 Å². The minimum Gasteiger partial charge on any atom is -0.481 e. The summed E-state index contributed by atoms with van der Waals surface area (Å²) >= 11 is 1.21. The predicted molar refractivity (Wildman–Crippen MR) is 119 cm³/mol. The summed E-state index contributed by atoms with van der Waals surface area (Å²) < 4.78 is 0. The third kappa shape index (κ3) is 5.49. The largest absolute Gasteiger partial charge is 0.481 e. The summed E-state index contributed by atoms with van der Waals surface area (Å²) in [5.41, 5.74) is 1.19. The third-order valence-corrected chi connectivity index (χ3v) is 5.85. The molecule has 32 heavy (non-hydrogen) atoms. The molecule has 0 fully saturated rings. The summed E-state index contributed by atoms with van der Waals surface area (Å²) in [6.07, 6.45) is -0.561. The number of hydrogen-bond acceptors (Lipinski definition) is 7. The van der Waals surface area contributed by atoms with Crippen LogP contribution >= 0.6 is 11.3 Å². The van der Waals surface area contributed by atoms with E-state index in [0.29, 0.717) is 28.1 Å². The number of thiophene rings is 1. The number of carboxylic acid groups (broad SMARTS) is 2. The number of rotatable bonds is 9. The quantitative estimate of drug-likeness (QED) is 0.380.